The molecule has 1 fully saturated rings. The lowest BCUT2D eigenvalue weighted by molar-refractivity contribution is 0.0946. The number of hydrogen-bond donors (Lipinski definition) is 3. The van der Waals surface area contributed by atoms with Gasteiger partial charge in [0.1, 0.15) is 0 Å². The SMILES string of the molecule is Cl.O=C(NCCN1CCCCC1)c1cccc(B(O)O)c1. The van der Waals surface area contributed by atoms with E-state index in [1.807, 2.05) is 0 Å². The van der Waals surface area contributed by atoms with E-state index >= 15 is 0 Å². The van der Waals surface area contributed by atoms with Crippen LogP contribution in [0.1, 0.15) is 29.6 Å². The normalized spacial score (nSPS) is 15.1. The van der Waals surface area contributed by atoms with Crippen LogP contribution in [0, 0.1) is 0 Å². The minimum absolute atomic E-state index is 0. The molecule has 0 aliphatic carbocycles. The number of likely N-dealkylation sites (tertiary alicyclic amines) is 1. The number of carbonyl (C=O) groups excluding carboxylic acids is 1. The minimum Gasteiger partial charge on any atom is -0.423 e. The van der Waals surface area contributed by atoms with Crippen LogP contribution < -0.4 is 10.8 Å². The summed E-state index contributed by atoms with van der Waals surface area (Å²) in [6.07, 6.45) is 3.79. The Morgan fingerprint density at radius 2 is 1.95 bits per heavy atom. The second-order valence-electron chi connectivity index (χ2n) is 5.16. The van der Waals surface area contributed by atoms with Crippen LogP contribution in [0.3, 0.4) is 0 Å². The fourth-order valence-corrected chi connectivity index (χ4v) is 2.45. The van der Waals surface area contributed by atoms with Crippen molar-refractivity contribution in [2.75, 3.05) is 26.2 Å². The van der Waals surface area contributed by atoms with Gasteiger partial charge in [0.25, 0.3) is 5.91 Å². The minimum atomic E-state index is -1.55. The molecular formula is C14H22BClN2O3. The Balaban J connectivity index is 0.00000220. The predicted octanol–water partition coefficient (Wildman–Crippen LogP) is 0.00390. The Bertz CT molecular complexity index is 454. The van der Waals surface area contributed by atoms with E-state index in [1.165, 1.54) is 25.3 Å². The molecule has 5 nitrogen and oxygen atoms in total. The van der Waals surface area contributed by atoms with Gasteiger partial charge in [-0.05, 0) is 43.5 Å². The molecule has 0 aromatic heterocycles. The second-order valence-corrected chi connectivity index (χ2v) is 5.16. The molecule has 0 unspecified atom stereocenters. The maximum Gasteiger partial charge on any atom is 0.488 e. The number of benzene rings is 1. The Morgan fingerprint density at radius 3 is 2.62 bits per heavy atom. The first kappa shape index (κ1) is 18.0. The quantitative estimate of drug-likeness (QED) is 0.670. The molecule has 0 radical (unpaired) electrons. The molecule has 0 saturated carbocycles. The summed E-state index contributed by atoms with van der Waals surface area (Å²) in [5, 5.41) is 21.1. The number of halogens is 1. The van der Waals surface area contributed by atoms with Crippen LogP contribution in [-0.4, -0.2) is 54.2 Å². The lowest BCUT2D eigenvalue weighted by Gasteiger charge is -2.26. The average molecular weight is 313 g/mol. The largest absolute Gasteiger partial charge is 0.488 e. The molecule has 0 bridgehead atoms. The van der Waals surface area contributed by atoms with Gasteiger partial charge >= 0.3 is 7.12 Å². The molecule has 1 aromatic rings. The van der Waals surface area contributed by atoms with Gasteiger partial charge in [-0.25, -0.2) is 0 Å². The Labute approximate surface area is 131 Å². The zero-order valence-electron chi connectivity index (χ0n) is 12.0. The standard InChI is InChI=1S/C14H21BN2O3.ClH/c18-14(12-5-4-6-13(11-12)15(19)20)16-7-10-17-8-2-1-3-9-17;/h4-6,11,19-20H,1-3,7-10H2,(H,16,18);1H. The molecule has 1 aliphatic heterocycles. The number of amides is 1. The molecule has 3 N–H and O–H groups in total. The van der Waals surface area contributed by atoms with Gasteiger partial charge < -0.3 is 20.3 Å². The van der Waals surface area contributed by atoms with Gasteiger partial charge in [0.05, 0.1) is 0 Å². The highest BCUT2D eigenvalue weighted by atomic mass is 35.5. The first-order valence-corrected chi connectivity index (χ1v) is 7.13. The van der Waals surface area contributed by atoms with Gasteiger partial charge in [0, 0.05) is 18.7 Å². The molecule has 116 valence electrons. The molecule has 0 spiro atoms. The Kier molecular flexibility index (Phi) is 7.74. The third-order valence-electron chi connectivity index (χ3n) is 3.61. The van der Waals surface area contributed by atoms with Crippen molar-refractivity contribution in [2.45, 2.75) is 19.3 Å². The number of piperidine rings is 1. The fourth-order valence-electron chi connectivity index (χ4n) is 2.45. The molecule has 1 saturated heterocycles. The van der Waals surface area contributed by atoms with E-state index in [2.05, 4.69) is 10.2 Å². The number of nitrogens with one attached hydrogen (secondary N) is 1. The van der Waals surface area contributed by atoms with Gasteiger partial charge in [-0.15, -0.1) is 12.4 Å². The third kappa shape index (κ3) is 5.67. The lowest BCUT2D eigenvalue weighted by Crippen LogP contribution is -2.38. The Morgan fingerprint density at radius 1 is 1.24 bits per heavy atom. The summed E-state index contributed by atoms with van der Waals surface area (Å²) >= 11 is 0. The summed E-state index contributed by atoms with van der Waals surface area (Å²) in [4.78, 5) is 14.3. The first-order valence-electron chi connectivity index (χ1n) is 7.13. The number of nitrogens with zero attached hydrogens (tertiary/aromatic N) is 1. The number of hydrogen-bond acceptors (Lipinski definition) is 4. The lowest BCUT2D eigenvalue weighted by atomic mass is 9.79. The van der Waals surface area contributed by atoms with Crippen molar-refractivity contribution in [3.05, 3.63) is 29.8 Å². The monoisotopic (exact) mass is 312 g/mol. The van der Waals surface area contributed by atoms with E-state index in [0.717, 1.165) is 19.6 Å². The maximum absolute atomic E-state index is 12.0. The topological polar surface area (TPSA) is 72.8 Å². The number of carbonyl (C=O) groups is 1. The van der Waals surface area contributed by atoms with Crippen LogP contribution in [0.2, 0.25) is 0 Å². The van der Waals surface area contributed by atoms with Crippen molar-refractivity contribution in [3.63, 3.8) is 0 Å². The molecule has 1 aromatic carbocycles. The second kappa shape index (κ2) is 9.05. The molecule has 0 atom stereocenters. The summed E-state index contributed by atoms with van der Waals surface area (Å²) < 4.78 is 0. The van der Waals surface area contributed by atoms with E-state index in [1.54, 1.807) is 18.2 Å². The van der Waals surface area contributed by atoms with Crippen LogP contribution >= 0.6 is 12.4 Å². The fraction of sp³-hybridized carbons (Fsp3) is 0.500. The zero-order chi connectivity index (χ0) is 14.4. The molecule has 7 heteroatoms. The van der Waals surface area contributed by atoms with Crippen LogP contribution in [0.4, 0.5) is 0 Å². The summed E-state index contributed by atoms with van der Waals surface area (Å²) in [5.74, 6) is -0.176. The van der Waals surface area contributed by atoms with Gasteiger partial charge in [0.2, 0.25) is 0 Å². The van der Waals surface area contributed by atoms with E-state index in [-0.39, 0.29) is 18.3 Å². The summed E-state index contributed by atoms with van der Waals surface area (Å²) in [7, 11) is -1.55. The highest BCUT2D eigenvalue weighted by Gasteiger charge is 2.14. The average Bonchev–Trinajstić information content (AvgIpc) is 2.48. The smallest absolute Gasteiger partial charge is 0.423 e. The van der Waals surface area contributed by atoms with Crippen molar-refractivity contribution in [1.29, 1.82) is 0 Å². The van der Waals surface area contributed by atoms with Crippen LogP contribution in [0.25, 0.3) is 0 Å². The van der Waals surface area contributed by atoms with Crippen molar-refractivity contribution in [2.24, 2.45) is 0 Å². The van der Waals surface area contributed by atoms with Gasteiger partial charge in [0.15, 0.2) is 0 Å². The van der Waals surface area contributed by atoms with Gasteiger partial charge in [-0.1, -0.05) is 18.6 Å². The highest BCUT2D eigenvalue weighted by Crippen LogP contribution is 2.07. The van der Waals surface area contributed by atoms with Gasteiger partial charge in [-0.2, -0.15) is 0 Å². The van der Waals surface area contributed by atoms with Crippen molar-refractivity contribution >= 4 is 30.9 Å². The molecule has 1 heterocycles. The maximum atomic E-state index is 12.0. The zero-order valence-corrected chi connectivity index (χ0v) is 12.8. The van der Waals surface area contributed by atoms with Gasteiger partial charge in [-0.3, -0.25) is 4.79 Å². The summed E-state index contributed by atoms with van der Waals surface area (Å²) in [6.45, 7) is 3.71. The van der Waals surface area contributed by atoms with Crippen LogP contribution in [0.5, 0.6) is 0 Å². The predicted molar refractivity (Wildman–Crippen MR) is 86.1 cm³/mol. The van der Waals surface area contributed by atoms with E-state index in [0.29, 0.717) is 17.6 Å². The molecule has 2 rings (SSSR count). The molecule has 1 aliphatic rings. The van der Waals surface area contributed by atoms with Crippen molar-refractivity contribution < 1.29 is 14.8 Å². The van der Waals surface area contributed by atoms with E-state index < -0.39 is 7.12 Å². The van der Waals surface area contributed by atoms with Crippen molar-refractivity contribution in [3.8, 4) is 0 Å². The molecular weight excluding hydrogens is 290 g/mol. The summed E-state index contributed by atoms with van der Waals surface area (Å²) in [5.41, 5.74) is 0.780. The van der Waals surface area contributed by atoms with Crippen LogP contribution in [0.15, 0.2) is 24.3 Å². The van der Waals surface area contributed by atoms with Crippen LogP contribution in [-0.2, 0) is 0 Å². The van der Waals surface area contributed by atoms with E-state index in [4.69, 9.17) is 10.0 Å². The first-order chi connectivity index (χ1) is 9.66. The Hall–Kier alpha value is -1.08. The van der Waals surface area contributed by atoms with Crippen molar-refractivity contribution in [1.82, 2.24) is 10.2 Å². The highest BCUT2D eigenvalue weighted by molar-refractivity contribution is 6.58. The number of rotatable bonds is 5. The molecule has 21 heavy (non-hydrogen) atoms. The third-order valence-corrected chi connectivity index (χ3v) is 3.61. The summed E-state index contributed by atoms with van der Waals surface area (Å²) in [6, 6.07) is 6.40. The van der Waals surface area contributed by atoms with E-state index in [9.17, 15) is 4.79 Å². The molecule has 1 amide bonds.